The van der Waals surface area contributed by atoms with Crippen molar-refractivity contribution in [3.8, 4) is 0 Å². The van der Waals surface area contributed by atoms with E-state index in [1.165, 1.54) is 4.31 Å². The lowest BCUT2D eigenvalue weighted by molar-refractivity contribution is -0.137. The fourth-order valence-corrected chi connectivity index (χ4v) is 5.98. The lowest BCUT2D eigenvalue weighted by Crippen LogP contribution is -2.30. The van der Waals surface area contributed by atoms with Crippen LogP contribution in [0.2, 0.25) is 0 Å². The van der Waals surface area contributed by atoms with E-state index in [9.17, 15) is 13.2 Å². The van der Waals surface area contributed by atoms with Crippen molar-refractivity contribution in [3.05, 3.63) is 59.2 Å². The monoisotopic (exact) mass is 444 g/mol. The van der Waals surface area contributed by atoms with Gasteiger partial charge in [0, 0.05) is 13.0 Å². The number of fused-ring (bicyclic) bond motifs is 2. The predicted molar refractivity (Wildman–Crippen MR) is 123 cm³/mol. The zero-order chi connectivity index (χ0) is 22.4. The van der Waals surface area contributed by atoms with Gasteiger partial charge in [-0.1, -0.05) is 50.1 Å². The predicted octanol–water partition coefficient (Wildman–Crippen LogP) is 4.49. The molecule has 0 aromatic heterocycles. The maximum atomic E-state index is 13.6. The molecule has 6 nitrogen and oxygen atoms in total. The van der Waals surface area contributed by atoms with Gasteiger partial charge >= 0.3 is 5.97 Å². The molecule has 2 aromatic carbocycles. The standard InChI is InChI=1S/C24H32N2O4S/c1-3-18-14-15-20-22(17-18)31(29,30)26(4-2)21-12-9-8-11-19(21)24(20)25-16-10-6-5-7-13-23(27)28/h8-9,11-12,14-15,17,24-25H,3-7,10,13,16H2,1-2H3,(H,27,28). The quantitative estimate of drug-likeness (QED) is 0.527. The second-order valence-electron chi connectivity index (χ2n) is 7.90. The number of para-hydroxylation sites is 1. The molecule has 0 bridgehead atoms. The summed E-state index contributed by atoms with van der Waals surface area (Å²) in [5.41, 5.74) is 3.47. The summed E-state index contributed by atoms with van der Waals surface area (Å²) in [6.45, 7) is 4.98. The average Bonchev–Trinajstić information content (AvgIpc) is 2.83. The highest BCUT2D eigenvalue weighted by Crippen LogP contribution is 2.41. The Morgan fingerprint density at radius 2 is 1.77 bits per heavy atom. The molecule has 0 spiro atoms. The Balaban J connectivity index is 1.91. The summed E-state index contributed by atoms with van der Waals surface area (Å²) in [5, 5.41) is 12.3. The number of unbranched alkanes of at least 4 members (excludes halogenated alkanes) is 3. The molecule has 0 saturated heterocycles. The van der Waals surface area contributed by atoms with Crippen molar-refractivity contribution in [1.29, 1.82) is 0 Å². The van der Waals surface area contributed by atoms with Crippen molar-refractivity contribution in [2.45, 2.75) is 63.3 Å². The highest BCUT2D eigenvalue weighted by molar-refractivity contribution is 7.93. The fourth-order valence-electron chi connectivity index (χ4n) is 4.20. The van der Waals surface area contributed by atoms with Gasteiger partial charge in [-0.05, 0) is 61.6 Å². The lowest BCUT2D eigenvalue weighted by Gasteiger charge is -2.24. The van der Waals surface area contributed by atoms with Crippen molar-refractivity contribution in [1.82, 2.24) is 5.32 Å². The molecule has 0 fully saturated rings. The van der Waals surface area contributed by atoms with E-state index in [0.29, 0.717) is 17.9 Å². The van der Waals surface area contributed by atoms with Gasteiger partial charge in [-0.3, -0.25) is 9.10 Å². The van der Waals surface area contributed by atoms with Crippen molar-refractivity contribution in [2.75, 3.05) is 17.4 Å². The Labute approximate surface area is 185 Å². The first-order chi connectivity index (χ1) is 14.9. The molecule has 7 heteroatoms. The molecule has 1 unspecified atom stereocenters. The summed E-state index contributed by atoms with van der Waals surface area (Å²) >= 11 is 0. The second-order valence-corrected chi connectivity index (χ2v) is 9.73. The number of hydrogen-bond acceptors (Lipinski definition) is 4. The minimum Gasteiger partial charge on any atom is -0.481 e. The molecule has 1 aliphatic heterocycles. The molecule has 0 aliphatic carbocycles. The van der Waals surface area contributed by atoms with Gasteiger partial charge < -0.3 is 10.4 Å². The van der Waals surface area contributed by atoms with Crippen molar-refractivity contribution < 1.29 is 18.3 Å². The minimum atomic E-state index is -3.66. The molecule has 3 rings (SSSR count). The van der Waals surface area contributed by atoms with Crippen LogP contribution in [0.1, 0.15) is 68.7 Å². The SMILES string of the molecule is CCc1ccc2c(c1)S(=O)(=O)N(CC)c1ccccc1C2NCCCCCCC(=O)O. The first-order valence-electron chi connectivity index (χ1n) is 11.1. The van der Waals surface area contributed by atoms with Gasteiger partial charge in [-0.2, -0.15) is 0 Å². The molecule has 2 N–H and O–H groups in total. The molecule has 0 amide bonds. The van der Waals surface area contributed by atoms with Gasteiger partial charge in [0.15, 0.2) is 0 Å². The molecular formula is C24H32N2O4S. The van der Waals surface area contributed by atoms with E-state index >= 15 is 0 Å². The van der Waals surface area contributed by atoms with Gasteiger partial charge in [-0.15, -0.1) is 0 Å². The van der Waals surface area contributed by atoms with Crippen LogP contribution in [0.3, 0.4) is 0 Å². The number of benzene rings is 2. The minimum absolute atomic E-state index is 0.210. The number of hydrogen-bond donors (Lipinski definition) is 2. The van der Waals surface area contributed by atoms with Crippen molar-refractivity contribution >= 4 is 21.7 Å². The number of carboxylic acid groups (broad SMARTS) is 1. The summed E-state index contributed by atoms with van der Waals surface area (Å²) in [6, 6.07) is 13.3. The third-order valence-electron chi connectivity index (χ3n) is 5.83. The Morgan fingerprint density at radius 3 is 2.48 bits per heavy atom. The molecule has 1 atom stereocenters. The van der Waals surface area contributed by atoms with Gasteiger partial charge in [0.05, 0.1) is 16.6 Å². The number of sulfonamides is 1. The Kier molecular flexibility index (Phi) is 7.73. The Bertz CT molecular complexity index is 1020. The topological polar surface area (TPSA) is 86.7 Å². The average molecular weight is 445 g/mol. The van der Waals surface area contributed by atoms with E-state index in [1.54, 1.807) is 0 Å². The number of nitrogens with one attached hydrogen (secondary N) is 1. The van der Waals surface area contributed by atoms with Gasteiger partial charge in [0.1, 0.15) is 0 Å². The van der Waals surface area contributed by atoms with E-state index in [2.05, 4.69) is 5.32 Å². The van der Waals surface area contributed by atoms with Gasteiger partial charge in [-0.25, -0.2) is 8.42 Å². The maximum absolute atomic E-state index is 13.6. The third-order valence-corrected chi connectivity index (χ3v) is 7.78. The number of carbonyl (C=O) groups is 1. The fraction of sp³-hybridized carbons (Fsp3) is 0.458. The van der Waals surface area contributed by atoms with Crippen LogP contribution in [-0.4, -0.2) is 32.6 Å². The van der Waals surface area contributed by atoms with Crippen LogP contribution in [0.25, 0.3) is 0 Å². The zero-order valence-electron chi connectivity index (χ0n) is 18.3. The summed E-state index contributed by atoms with van der Waals surface area (Å²) in [4.78, 5) is 11.0. The van der Waals surface area contributed by atoms with Crippen LogP contribution in [0.15, 0.2) is 47.4 Å². The molecule has 0 radical (unpaired) electrons. The van der Waals surface area contributed by atoms with E-state index in [0.717, 1.165) is 54.6 Å². The van der Waals surface area contributed by atoms with Crippen LogP contribution in [0.4, 0.5) is 5.69 Å². The van der Waals surface area contributed by atoms with Gasteiger partial charge in [0.25, 0.3) is 10.0 Å². The smallest absolute Gasteiger partial charge is 0.303 e. The van der Waals surface area contributed by atoms with E-state index in [-0.39, 0.29) is 12.5 Å². The molecule has 2 aromatic rings. The Morgan fingerprint density at radius 1 is 1.03 bits per heavy atom. The largest absolute Gasteiger partial charge is 0.481 e. The maximum Gasteiger partial charge on any atom is 0.303 e. The molecule has 168 valence electrons. The molecule has 0 saturated carbocycles. The molecule has 31 heavy (non-hydrogen) atoms. The van der Waals surface area contributed by atoms with Gasteiger partial charge in [0.2, 0.25) is 0 Å². The molecule has 1 aliphatic rings. The lowest BCUT2D eigenvalue weighted by atomic mass is 9.95. The highest BCUT2D eigenvalue weighted by Gasteiger charge is 2.35. The normalized spacial score (nSPS) is 17.0. The van der Waals surface area contributed by atoms with Crippen molar-refractivity contribution in [3.63, 3.8) is 0 Å². The first kappa shape index (κ1) is 23.3. The zero-order valence-corrected chi connectivity index (χ0v) is 19.1. The van der Waals surface area contributed by atoms with Crippen LogP contribution >= 0.6 is 0 Å². The second kappa shape index (κ2) is 10.3. The van der Waals surface area contributed by atoms with Crippen LogP contribution in [-0.2, 0) is 21.2 Å². The number of carboxylic acids is 1. The molecule has 1 heterocycles. The Hall–Kier alpha value is -2.38. The summed E-state index contributed by atoms with van der Waals surface area (Å²) in [7, 11) is -3.66. The van der Waals surface area contributed by atoms with Crippen molar-refractivity contribution in [2.24, 2.45) is 0 Å². The van der Waals surface area contributed by atoms with Crippen LogP contribution in [0, 0.1) is 0 Å². The summed E-state index contributed by atoms with van der Waals surface area (Å²) < 4.78 is 28.7. The van der Waals surface area contributed by atoms with E-state index < -0.39 is 16.0 Å². The number of nitrogens with zero attached hydrogens (tertiary/aromatic N) is 1. The highest BCUT2D eigenvalue weighted by atomic mass is 32.2. The number of aliphatic carboxylic acids is 1. The molecular weight excluding hydrogens is 412 g/mol. The summed E-state index contributed by atoms with van der Waals surface area (Å²) in [5.74, 6) is -0.752. The van der Waals surface area contributed by atoms with E-state index in [4.69, 9.17) is 5.11 Å². The summed E-state index contributed by atoms with van der Waals surface area (Å²) in [6.07, 6.45) is 4.40. The van der Waals surface area contributed by atoms with Crippen LogP contribution < -0.4 is 9.62 Å². The van der Waals surface area contributed by atoms with Crippen LogP contribution in [0.5, 0.6) is 0 Å². The first-order valence-corrected chi connectivity index (χ1v) is 12.5. The number of rotatable bonds is 10. The number of aryl methyl sites for hydroxylation is 1. The number of anilines is 1. The van der Waals surface area contributed by atoms with E-state index in [1.807, 2.05) is 56.3 Å². The third kappa shape index (κ3) is 5.10.